The van der Waals surface area contributed by atoms with E-state index in [1.165, 1.54) is 18.7 Å². The summed E-state index contributed by atoms with van der Waals surface area (Å²) in [6.45, 7) is 3.12. The first kappa shape index (κ1) is 18.7. The number of rotatable bonds is 6. The Labute approximate surface area is 151 Å². The standard InChI is InChI=1S/C19H19ClN2O3/c1-13(23)15-4-3-5-18(12-15)22(14(2)24)11-10-19(25)21-17-8-6-16(20)7-9-17/h3-9,12H,10-11H2,1-2H3,(H,21,25). The van der Waals surface area contributed by atoms with E-state index in [0.717, 1.165) is 0 Å². The van der Waals surface area contributed by atoms with Crippen LogP contribution < -0.4 is 10.2 Å². The number of nitrogens with one attached hydrogen (secondary N) is 1. The van der Waals surface area contributed by atoms with E-state index in [9.17, 15) is 14.4 Å². The fourth-order valence-electron chi connectivity index (χ4n) is 2.33. The number of halogens is 1. The van der Waals surface area contributed by atoms with Gasteiger partial charge in [0.15, 0.2) is 5.78 Å². The van der Waals surface area contributed by atoms with Crippen LogP contribution in [0.15, 0.2) is 48.5 Å². The van der Waals surface area contributed by atoms with E-state index in [-0.39, 0.29) is 30.6 Å². The van der Waals surface area contributed by atoms with E-state index in [2.05, 4.69) is 5.32 Å². The number of anilines is 2. The Balaban J connectivity index is 2.03. The molecule has 2 aromatic carbocycles. The summed E-state index contributed by atoms with van der Waals surface area (Å²) in [7, 11) is 0. The molecule has 5 nitrogen and oxygen atoms in total. The molecule has 0 fully saturated rings. The number of nitrogens with zero attached hydrogens (tertiary/aromatic N) is 1. The second kappa shape index (κ2) is 8.44. The molecular formula is C19H19ClN2O3. The molecule has 0 saturated heterocycles. The Morgan fingerprint density at radius 3 is 2.32 bits per heavy atom. The van der Waals surface area contributed by atoms with Gasteiger partial charge in [-0.15, -0.1) is 0 Å². The molecule has 0 spiro atoms. The van der Waals surface area contributed by atoms with Gasteiger partial charge in [0.25, 0.3) is 0 Å². The lowest BCUT2D eigenvalue weighted by Gasteiger charge is -2.21. The summed E-state index contributed by atoms with van der Waals surface area (Å²) in [5, 5.41) is 3.34. The maximum absolute atomic E-state index is 12.1. The summed E-state index contributed by atoms with van der Waals surface area (Å²) >= 11 is 5.81. The molecule has 0 unspecified atom stereocenters. The molecule has 25 heavy (non-hydrogen) atoms. The van der Waals surface area contributed by atoms with Crippen molar-refractivity contribution in [3.8, 4) is 0 Å². The van der Waals surface area contributed by atoms with Crippen molar-refractivity contribution in [2.45, 2.75) is 20.3 Å². The van der Waals surface area contributed by atoms with Crippen LogP contribution in [0.25, 0.3) is 0 Å². The van der Waals surface area contributed by atoms with Gasteiger partial charge in [-0.2, -0.15) is 0 Å². The van der Waals surface area contributed by atoms with Gasteiger partial charge in [-0.05, 0) is 43.3 Å². The molecular weight excluding hydrogens is 340 g/mol. The van der Waals surface area contributed by atoms with E-state index < -0.39 is 0 Å². The second-order valence-electron chi connectivity index (χ2n) is 5.58. The lowest BCUT2D eigenvalue weighted by atomic mass is 10.1. The van der Waals surface area contributed by atoms with Crippen LogP contribution in [0.4, 0.5) is 11.4 Å². The van der Waals surface area contributed by atoms with Crippen molar-refractivity contribution in [1.82, 2.24) is 0 Å². The van der Waals surface area contributed by atoms with E-state index >= 15 is 0 Å². The Bertz CT molecular complexity index is 788. The molecule has 0 aliphatic rings. The summed E-state index contributed by atoms with van der Waals surface area (Å²) in [6, 6.07) is 13.6. The summed E-state index contributed by atoms with van der Waals surface area (Å²) in [5.74, 6) is -0.484. The molecule has 2 rings (SSSR count). The molecule has 2 amide bonds. The zero-order chi connectivity index (χ0) is 18.4. The van der Waals surface area contributed by atoms with Crippen molar-refractivity contribution in [3.63, 3.8) is 0 Å². The maximum Gasteiger partial charge on any atom is 0.226 e. The average Bonchev–Trinajstić information content (AvgIpc) is 2.57. The van der Waals surface area contributed by atoms with Crippen molar-refractivity contribution in [2.75, 3.05) is 16.8 Å². The Kier molecular flexibility index (Phi) is 6.31. The Hall–Kier alpha value is -2.66. The minimum Gasteiger partial charge on any atom is -0.326 e. The highest BCUT2D eigenvalue weighted by atomic mass is 35.5. The van der Waals surface area contributed by atoms with Crippen LogP contribution in [0.1, 0.15) is 30.6 Å². The van der Waals surface area contributed by atoms with Crippen molar-refractivity contribution in [1.29, 1.82) is 0 Å². The lowest BCUT2D eigenvalue weighted by molar-refractivity contribution is -0.117. The van der Waals surface area contributed by atoms with Crippen LogP contribution in [-0.4, -0.2) is 24.1 Å². The lowest BCUT2D eigenvalue weighted by Crippen LogP contribution is -2.32. The zero-order valence-electron chi connectivity index (χ0n) is 14.1. The molecule has 0 atom stereocenters. The molecule has 130 valence electrons. The number of amides is 2. The molecule has 0 aliphatic heterocycles. The number of carbonyl (C=O) groups is 3. The van der Waals surface area contributed by atoms with Crippen LogP contribution in [0.2, 0.25) is 5.02 Å². The molecule has 0 saturated carbocycles. The van der Waals surface area contributed by atoms with Gasteiger partial charge < -0.3 is 10.2 Å². The van der Waals surface area contributed by atoms with Crippen LogP contribution >= 0.6 is 11.6 Å². The fraction of sp³-hybridized carbons (Fsp3) is 0.211. The first-order chi connectivity index (χ1) is 11.9. The number of hydrogen-bond acceptors (Lipinski definition) is 3. The number of hydrogen-bond donors (Lipinski definition) is 1. The molecule has 0 aliphatic carbocycles. The van der Waals surface area contributed by atoms with Gasteiger partial charge in [-0.3, -0.25) is 14.4 Å². The number of Topliss-reactive ketones (excluding diaryl/α,β-unsaturated/α-hetero) is 1. The minimum absolute atomic E-state index is 0.0779. The fourth-order valence-corrected chi connectivity index (χ4v) is 2.46. The van der Waals surface area contributed by atoms with E-state index in [1.54, 1.807) is 48.5 Å². The number of carbonyl (C=O) groups excluding carboxylic acids is 3. The first-order valence-corrected chi connectivity index (χ1v) is 8.19. The SMILES string of the molecule is CC(=O)c1cccc(N(CCC(=O)Nc2ccc(Cl)cc2)C(C)=O)c1. The van der Waals surface area contributed by atoms with Gasteiger partial charge in [0.05, 0.1) is 0 Å². The van der Waals surface area contributed by atoms with Gasteiger partial charge in [-0.25, -0.2) is 0 Å². The van der Waals surface area contributed by atoms with Crippen molar-refractivity contribution in [2.24, 2.45) is 0 Å². The predicted octanol–water partition coefficient (Wildman–Crippen LogP) is 3.92. The molecule has 0 heterocycles. The number of benzene rings is 2. The molecule has 2 aromatic rings. The summed E-state index contributed by atoms with van der Waals surface area (Å²) in [4.78, 5) is 37.0. The number of ketones is 1. The highest BCUT2D eigenvalue weighted by Crippen LogP contribution is 2.18. The van der Waals surface area contributed by atoms with Crippen molar-refractivity contribution in [3.05, 3.63) is 59.1 Å². The van der Waals surface area contributed by atoms with Crippen LogP contribution in [0.5, 0.6) is 0 Å². The Morgan fingerprint density at radius 2 is 1.72 bits per heavy atom. The smallest absolute Gasteiger partial charge is 0.226 e. The minimum atomic E-state index is -0.212. The van der Waals surface area contributed by atoms with E-state index in [4.69, 9.17) is 11.6 Å². The van der Waals surface area contributed by atoms with Crippen molar-refractivity contribution >= 4 is 40.6 Å². The summed E-state index contributed by atoms with van der Waals surface area (Å²) in [5.41, 5.74) is 1.76. The summed E-state index contributed by atoms with van der Waals surface area (Å²) < 4.78 is 0. The third-order valence-corrected chi connectivity index (χ3v) is 3.89. The molecule has 1 N–H and O–H groups in total. The normalized spacial score (nSPS) is 10.2. The van der Waals surface area contributed by atoms with Gasteiger partial charge in [-0.1, -0.05) is 23.7 Å². The van der Waals surface area contributed by atoms with Crippen molar-refractivity contribution < 1.29 is 14.4 Å². The molecule has 0 aromatic heterocycles. The molecule has 0 radical (unpaired) electrons. The first-order valence-electron chi connectivity index (χ1n) is 7.81. The molecule has 6 heteroatoms. The van der Waals surface area contributed by atoms with Gasteiger partial charge in [0.1, 0.15) is 0 Å². The van der Waals surface area contributed by atoms with Gasteiger partial charge >= 0.3 is 0 Å². The third kappa shape index (κ3) is 5.43. The second-order valence-corrected chi connectivity index (χ2v) is 6.02. The monoisotopic (exact) mass is 358 g/mol. The topological polar surface area (TPSA) is 66.5 Å². The quantitative estimate of drug-likeness (QED) is 0.796. The maximum atomic E-state index is 12.1. The Morgan fingerprint density at radius 1 is 1.04 bits per heavy atom. The highest BCUT2D eigenvalue weighted by Gasteiger charge is 2.14. The van der Waals surface area contributed by atoms with Gasteiger partial charge in [0, 0.05) is 41.9 Å². The molecule has 0 bridgehead atoms. The zero-order valence-corrected chi connectivity index (χ0v) is 14.8. The third-order valence-electron chi connectivity index (χ3n) is 3.63. The average molecular weight is 359 g/mol. The van der Waals surface area contributed by atoms with Crippen LogP contribution in [0.3, 0.4) is 0 Å². The predicted molar refractivity (Wildman–Crippen MR) is 99.2 cm³/mol. The largest absolute Gasteiger partial charge is 0.326 e. The van der Waals surface area contributed by atoms with E-state index in [0.29, 0.717) is 22.0 Å². The van der Waals surface area contributed by atoms with Crippen LogP contribution in [0, 0.1) is 0 Å². The summed E-state index contributed by atoms with van der Waals surface area (Å²) in [6.07, 6.45) is 0.131. The highest BCUT2D eigenvalue weighted by molar-refractivity contribution is 6.30. The van der Waals surface area contributed by atoms with Gasteiger partial charge in [0.2, 0.25) is 11.8 Å². The van der Waals surface area contributed by atoms with Crippen LogP contribution in [-0.2, 0) is 9.59 Å². The van der Waals surface area contributed by atoms with E-state index in [1.807, 2.05) is 0 Å².